The van der Waals surface area contributed by atoms with E-state index in [4.69, 9.17) is 34.2 Å². The van der Waals surface area contributed by atoms with Gasteiger partial charge in [0.15, 0.2) is 11.5 Å². The number of aliphatic carboxylic acids is 1. The average Bonchev–Trinajstić information content (AvgIpc) is 2.90. The molecule has 0 aliphatic carbocycles. The molecule has 12 nitrogen and oxygen atoms in total. The Hall–Kier alpha value is -3.54. The zero-order chi connectivity index (χ0) is 32.2. The summed E-state index contributed by atoms with van der Waals surface area (Å²) in [5.41, 5.74) is 5.63. The summed E-state index contributed by atoms with van der Waals surface area (Å²) in [6.45, 7) is 16.2. The van der Waals surface area contributed by atoms with E-state index < -0.39 is 54.0 Å². The van der Waals surface area contributed by atoms with E-state index in [0.717, 1.165) is 12.8 Å². The van der Waals surface area contributed by atoms with Crippen LogP contribution in [0.3, 0.4) is 0 Å². The number of nitrogens with two attached hydrogens (primary N) is 1. The first-order valence-electron chi connectivity index (χ1n) is 14.2. The highest BCUT2D eigenvalue weighted by atomic mass is 16.7. The lowest BCUT2D eigenvalue weighted by Crippen LogP contribution is -2.43. The fourth-order valence-corrected chi connectivity index (χ4v) is 3.61. The van der Waals surface area contributed by atoms with Crippen LogP contribution < -0.4 is 15.2 Å². The van der Waals surface area contributed by atoms with Crippen molar-refractivity contribution in [2.75, 3.05) is 13.2 Å². The van der Waals surface area contributed by atoms with Gasteiger partial charge in [0, 0.05) is 11.8 Å². The van der Waals surface area contributed by atoms with E-state index in [0.29, 0.717) is 5.56 Å². The highest BCUT2D eigenvalue weighted by Crippen LogP contribution is 2.37. The largest absolute Gasteiger partial charge is 0.513 e. The van der Waals surface area contributed by atoms with Crippen molar-refractivity contribution >= 4 is 24.4 Å². The van der Waals surface area contributed by atoms with Gasteiger partial charge in [-0.15, -0.1) is 0 Å². The zero-order valence-electron chi connectivity index (χ0n) is 26.1. The maximum Gasteiger partial charge on any atom is 0.513 e. The Labute approximate surface area is 248 Å². The molecule has 1 rings (SSSR count). The van der Waals surface area contributed by atoms with Crippen LogP contribution in [0, 0.1) is 17.8 Å². The van der Waals surface area contributed by atoms with Crippen LogP contribution in [0.4, 0.5) is 14.4 Å². The molecule has 0 aromatic heterocycles. The molecule has 0 fully saturated rings. The molecule has 42 heavy (non-hydrogen) atoms. The molecule has 1 aromatic rings. The van der Waals surface area contributed by atoms with Crippen molar-refractivity contribution in [3.8, 4) is 11.5 Å². The number of hydrogen-bond acceptors (Lipinski definition) is 11. The molecule has 0 aliphatic heterocycles. The average molecular weight is 598 g/mol. The molecule has 12 heteroatoms. The predicted molar refractivity (Wildman–Crippen MR) is 154 cm³/mol. The molecule has 1 aromatic carbocycles. The molecule has 0 spiro atoms. The number of carbonyl (C=O) groups is 4. The summed E-state index contributed by atoms with van der Waals surface area (Å²) < 4.78 is 31.7. The Morgan fingerprint density at radius 2 is 1.33 bits per heavy atom. The molecule has 6 atom stereocenters. The summed E-state index contributed by atoms with van der Waals surface area (Å²) in [5.74, 6) is -3.07. The van der Waals surface area contributed by atoms with Gasteiger partial charge in [-0.2, -0.15) is 0 Å². The molecule has 5 unspecified atom stereocenters. The molecular weight excluding hydrogens is 550 g/mol. The Morgan fingerprint density at radius 1 is 0.833 bits per heavy atom. The van der Waals surface area contributed by atoms with Crippen molar-refractivity contribution < 1.29 is 52.7 Å². The maximum atomic E-state index is 12.5. The van der Waals surface area contributed by atoms with Crippen molar-refractivity contribution in [1.29, 1.82) is 0 Å². The second-order valence-electron chi connectivity index (χ2n) is 11.6. The van der Waals surface area contributed by atoms with E-state index in [2.05, 4.69) is 0 Å². The zero-order valence-corrected chi connectivity index (χ0v) is 26.1. The summed E-state index contributed by atoms with van der Waals surface area (Å²) in [7, 11) is 0. The molecule has 0 amide bonds. The molecule has 0 radical (unpaired) electrons. The monoisotopic (exact) mass is 597 g/mol. The summed E-state index contributed by atoms with van der Waals surface area (Å²) in [6.07, 6.45) is -2.23. The van der Waals surface area contributed by atoms with Gasteiger partial charge in [-0.05, 0) is 57.2 Å². The highest BCUT2D eigenvalue weighted by molar-refractivity contribution is 5.75. The van der Waals surface area contributed by atoms with Crippen LogP contribution in [0.5, 0.6) is 11.5 Å². The van der Waals surface area contributed by atoms with Crippen LogP contribution in [0.2, 0.25) is 0 Å². The van der Waals surface area contributed by atoms with Gasteiger partial charge < -0.3 is 39.3 Å². The smallest absolute Gasteiger partial charge is 0.480 e. The van der Waals surface area contributed by atoms with E-state index >= 15 is 0 Å². The molecule has 0 heterocycles. The first-order chi connectivity index (χ1) is 19.5. The van der Waals surface area contributed by atoms with Crippen molar-refractivity contribution in [2.24, 2.45) is 23.5 Å². The quantitative estimate of drug-likeness (QED) is 0.140. The second kappa shape index (κ2) is 16.8. The van der Waals surface area contributed by atoms with Crippen LogP contribution in [0.15, 0.2) is 18.2 Å². The fourth-order valence-electron chi connectivity index (χ4n) is 3.61. The van der Waals surface area contributed by atoms with Crippen LogP contribution >= 0.6 is 0 Å². The van der Waals surface area contributed by atoms with Crippen molar-refractivity contribution in [3.05, 3.63) is 23.8 Å². The van der Waals surface area contributed by atoms with Crippen molar-refractivity contribution in [3.63, 3.8) is 0 Å². The summed E-state index contributed by atoms with van der Waals surface area (Å²) >= 11 is 0. The third kappa shape index (κ3) is 12.5. The van der Waals surface area contributed by atoms with E-state index in [1.165, 1.54) is 18.2 Å². The minimum Gasteiger partial charge on any atom is -0.480 e. The van der Waals surface area contributed by atoms with E-state index in [9.17, 15) is 24.3 Å². The third-order valence-electron chi connectivity index (χ3n) is 6.76. The Bertz CT molecular complexity index is 1050. The second-order valence-corrected chi connectivity index (χ2v) is 11.6. The maximum absolute atomic E-state index is 12.5. The minimum atomic E-state index is -1.44. The van der Waals surface area contributed by atoms with Crippen molar-refractivity contribution in [1.82, 2.24) is 0 Å². The lowest BCUT2D eigenvalue weighted by atomic mass is 9.79. The standard InChI is InChI=1S/C30H47NO11/c1-10-17(3)15-37-27(34)40-22-13-12-21(14-23(22)41-28(35)38-16-18(4)11-2)24(25(31)26(32)33)19(5)20(6)39-29(36)42-30(7,8)9/h12-14,17-20,24-25H,10-11,15-16,31H2,1-9H3,(H,32,33)/t17?,18?,19?,20?,24?,25-/m0/s1. The molecule has 0 aliphatic rings. The van der Waals surface area contributed by atoms with Gasteiger partial charge in [0.25, 0.3) is 0 Å². The third-order valence-corrected chi connectivity index (χ3v) is 6.76. The van der Waals surface area contributed by atoms with Gasteiger partial charge >= 0.3 is 24.4 Å². The number of rotatable bonds is 14. The normalized spacial score (nSPS) is 15.7. The van der Waals surface area contributed by atoms with Crippen LogP contribution in [-0.2, 0) is 23.7 Å². The van der Waals surface area contributed by atoms with E-state index in [-0.39, 0.29) is 36.5 Å². The van der Waals surface area contributed by atoms with Gasteiger partial charge in [-0.25, -0.2) is 14.4 Å². The number of hydrogen-bond donors (Lipinski definition) is 2. The Balaban J connectivity index is 3.40. The van der Waals surface area contributed by atoms with Gasteiger partial charge in [-0.1, -0.05) is 53.5 Å². The van der Waals surface area contributed by atoms with Gasteiger partial charge in [0.2, 0.25) is 0 Å². The fraction of sp³-hybridized carbons (Fsp3) is 0.667. The summed E-state index contributed by atoms with van der Waals surface area (Å²) in [4.78, 5) is 49.2. The van der Waals surface area contributed by atoms with Gasteiger partial charge in [0.1, 0.15) is 17.7 Å². The van der Waals surface area contributed by atoms with E-state index in [1.54, 1.807) is 34.6 Å². The number of carboxylic acids is 1. The van der Waals surface area contributed by atoms with Gasteiger partial charge in [-0.3, -0.25) is 4.79 Å². The van der Waals surface area contributed by atoms with Crippen molar-refractivity contribution in [2.45, 2.75) is 98.8 Å². The predicted octanol–water partition coefficient (Wildman–Crippen LogP) is 6.28. The first-order valence-corrected chi connectivity index (χ1v) is 14.2. The van der Waals surface area contributed by atoms with Gasteiger partial charge in [0.05, 0.1) is 13.2 Å². The topological polar surface area (TPSA) is 170 Å². The number of benzene rings is 1. The number of carboxylic acid groups (broad SMARTS) is 1. The SMILES string of the molecule is CCC(C)COC(=O)Oc1ccc(C(C(C)C(C)OC(=O)OC(C)(C)C)[C@H](N)C(=O)O)cc1OC(=O)OCC(C)CC. The lowest BCUT2D eigenvalue weighted by Gasteiger charge is -2.32. The molecule has 0 bridgehead atoms. The molecule has 0 saturated carbocycles. The van der Waals surface area contributed by atoms with Crippen LogP contribution in [0.1, 0.15) is 86.6 Å². The number of carbonyl (C=O) groups excluding carboxylic acids is 3. The molecule has 3 N–H and O–H groups in total. The minimum absolute atomic E-state index is 0.0837. The van der Waals surface area contributed by atoms with E-state index in [1.807, 2.05) is 27.7 Å². The molecule has 0 saturated heterocycles. The Kier molecular flexibility index (Phi) is 14.6. The first kappa shape index (κ1) is 36.5. The highest BCUT2D eigenvalue weighted by Gasteiger charge is 2.36. The van der Waals surface area contributed by atoms with Crippen LogP contribution in [0.25, 0.3) is 0 Å². The number of ether oxygens (including phenoxy) is 6. The molecule has 238 valence electrons. The Morgan fingerprint density at radius 3 is 1.79 bits per heavy atom. The summed E-state index contributed by atoms with van der Waals surface area (Å²) in [5, 5.41) is 9.79. The lowest BCUT2D eigenvalue weighted by molar-refractivity contribution is -0.139. The summed E-state index contributed by atoms with van der Waals surface area (Å²) in [6, 6.07) is 2.72. The molecular formula is C30H47NO11. The van der Waals surface area contributed by atoms with Crippen LogP contribution in [-0.4, -0.2) is 60.5 Å².